The van der Waals surface area contributed by atoms with Crippen LogP contribution in [0.1, 0.15) is 45.9 Å². The van der Waals surface area contributed by atoms with Gasteiger partial charge in [0, 0.05) is 74.7 Å². The Kier molecular flexibility index (Phi) is 6.03. The summed E-state index contributed by atoms with van der Waals surface area (Å²) in [6, 6.07) is 8.08. The molecule has 0 aromatic carbocycles. The van der Waals surface area contributed by atoms with Crippen LogP contribution in [0.5, 0.6) is 0 Å². The van der Waals surface area contributed by atoms with Crippen molar-refractivity contribution in [2.75, 3.05) is 31.6 Å². The van der Waals surface area contributed by atoms with Crippen molar-refractivity contribution in [1.82, 2.24) is 29.7 Å². The number of hydrogen-bond donors (Lipinski definition) is 3. The summed E-state index contributed by atoms with van der Waals surface area (Å²) in [6.07, 6.45) is 6.97. The molecule has 3 aliphatic rings. The molecule has 0 bridgehead atoms. The molecule has 7 heterocycles. The summed E-state index contributed by atoms with van der Waals surface area (Å²) in [5.74, 6) is 0.860. The maximum absolute atomic E-state index is 13.0. The number of nitrogens with zero attached hydrogens (tertiary/aromatic N) is 5. The average Bonchev–Trinajstić information content (AvgIpc) is 3.74. The van der Waals surface area contributed by atoms with Crippen molar-refractivity contribution in [1.29, 1.82) is 0 Å². The number of rotatable bonds is 6. The number of carbonyl (C=O) groups is 1. The highest BCUT2D eigenvalue weighted by atomic mass is 16.5. The molecular formula is C29H31N7O3. The standard InChI is InChI=1S/C29H31N7O3/c1-35-9-6-21-20(4-8-30-28(21)35)27-22-12-32-29(38)26(22)23(13-31-27)33-25-3-2-19(17-7-11-39-16-17)24(34-25)15-36-10-5-18(37)14-36/h2-4,6,8-9,13,17-18,37H,5,7,10-12,14-16H2,1H3,(H,32,38)(H,33,34)/t17-,18+/m1/s1. The molecule has 3 N–H and O–H groups in total. The van der Waals surface area contributed by atoms with Crippen molar-refractivity contribution in [3.63, 3.8) is 0 Å². The number of carbonyl (C=O) groups excluding carboxylic acids is 1. The third-order valence-corrected chi connectivity index (χ3v) is 8.12. The van der Waals surface area contributed by atoms with Crippen LogP contribution in [0.4, 0.5) is 11.5 Å². The first-order chi connectivity index (χ1) is 19.0. The highest BCUT2D eigenvalue weighted by Gasteiger charge is 2.29. The van der Waals surface area contributed by atoms with E-state index in [1.165, 1.54) is 5.56 Å². The summed E-state index contributed by atoms with van der Waals surface area (Å²) in [5, 5.41) is 17.4. The molecule has 0 saturated carbocycles. The summed E-state index contributed by atoms with van der Waals surface area (Å²) in [5.41, 5.74) is 6.89. The van der Waals surface area contributed by atoms with Gasteiger partial charge in [-0.1, -0.05) is 6.07 Å². The second-order valence-electron chi connectivity index (χ2n) is 10.7. The molecule has 10 heteroatoms. The molecule has 1 amide bonds. The third kappa shape index (κ3) is 4.34. The van der Waals surface area contributed by atoms with Crippen molar-refractivity contribution in [2.45, 2.75) is 38.0 Å². The van der Waals surface area contributed by atoms with Crippen LogP contribution in [0, 0.1) is 0 Å². The van der Waals surface area contributed by atoms with Crippen molar-refractivity contribution in [3.8, 4) is 11.3 Å². The quantitative estimate of drug-likeness (QED) is 0.352. The molecule has 4 aromatic heterocycles. The molecule has 2 saturated heterocycles. The smallest absolute Gasteiger partial charge is 0.254 e. The molecule has 2 fully saturated rings. The number of anilines is 2. The van der Waals surface area contributed by atoms with E-state index in [9.17, 15) is 9.90 Å². The van der Waals surface area contributed by atoms with Crippen LogP contribution < -0.4 is 10.6 Å². The predicted molar refractivity (Wildman–Crippen MR) is 147 cm³/mol. The van der Waals surface area contributed by atoms with Crippen molar-refractivity contribution >= 4 is 28.4 Å². The van der Waals surface area contributed by atoms with Crippen LogP contribution in [-0.2, 0) is 24.9 Å². The van der Waals surface area contributed by atoms with Gasteiger partial charge in [-0.3, -0.25) is 14.7 Å². The molecule has 3 aliphatic heterocycles. The first kappa shape index (κ1) is 24.2. The highest BCUT2D eigenvalue weighted by Crippen LogP contribution is 2.36. The third-order valence-electron chi connectivity index (χ3n) is 8.12. The Morgan fingerprint density at radius 3 is 2.95 bits per heavy atom. The van der Waals surface area contributed by atoms with Gasteiger partial charge in [-0.15, -0.1) is 0 Å². The SMILES string of the molecule is Cn1ccc2c(-c3ncc(Nc4ccc([C@@H]5CCOC5)c(CN5CC[C@H](O)C5)n4)c4c3CNC4=O)ccnc21. The van der Waals surface area contributed by atoms with E-state index in [0.29, 0.717) is 49.2 Å². The van der Waals surface area contributed by atoms with Crippen molar-refractivity contribution < 1.29 is 14.6 Å². The first-order valence-corrected chi connectivity index (χ1v) is 13.5. The summed E-state index contributed by atoms with van der Waals surface area (Å²) >= 11 is 0. The summed E-state index contributed by atoms with van der Waals surface area (Å²) in [6.45, 7) is 4.06. The molecule has 200 valence electrons. The number of hydrogen-bond acceptors (Lipinski definition) is 8. The number of likely N-dealkylation sites (tertiary alicyclic amines) is 1. The van der Waals surface area contributed by atoms with E-state index >= 15 is 0 Å². The Morgan fingerprint density at radius 1 is 1.21 bits per heavy atom. The second-order valence-corrected chi connectivity index (χ2v) is 10.7. The lowest BCUT2D eigenvalue weighted by atomic mass is 9.96. The fourth-order valence-electron chi connectivity index (χ4n) is 6.10. The topological polar surface area (TPSA) is 117 Å². The molecule has 39 heavy (non-hydrogen) atoms. The number of aliphatic hydroxyl groups excluding tert-OH is 1. The van der Waals surface area contributed by atoms with E-state index in [4.69, 9.17) is 14.7 Å². The monoisotopic (exact) mass is 525 g/mol. The predicted octanol–water partition coefficient (Wildman–Crippen LogP) is 3.09. The lowest BCUT2D eigenvalue weighted by molar-refractivity contribution is 0.0966. The lowest BCUT2D eigenvalue weighted by Gasteiger charge is -2.20. The van der Waals surface area contributed by atoms with Gasteiger partial charge in [0.15, 0.2) is 0 Å². The second kappa shape index (κ2) is 9.71. The average molecular weight is 526 g/mol. The number of aryl methyl sites for hydroxylation is 1. The molecule has 4 aromatic rings. The number of aromatic nitrogens is 4. The maximum atomic E-state index is 13.0. The number of β-amino-alcohol motifs (C(OH)–C–C–N with tert-alkyl or cyclic N) is 1. The van der Waals surface area contributed by atoms with Crippen LogP contribution in [0.25, 0.3) is 22.3 Å². The van der Waals surface area contributed by atoms with E-state index in [2.05, 4.69) is 26.6 Å². The van der Waals surface area contributed by atoms with Gasteiger partial charge in [0.2, 0.25) is 0 Å². The Labute approximate surface area is 226 Å². The van der Waals surface area contributed by atoms with Crippen molar-refractivity contribution in [2.24, 2.45) is 7.05 Å². The fraction of sp³-hybridized carbons (Fsp3) is 0.379. The zero-order chi connectivity index (χ0) is 26.5. The van der Waals surface area contributed by atoms with Gasteiger partial charge in [0.1, 0.15) is 11.5 Å². The van der Waals surface area contributed by atoms with Crippen LogP contribution in [0.15, 0.2) is 42.9 Å². The maximum Gasteiger partial charge on any atom is 0.254 e. The van der Waals surface area contributed by atoms with E-state index < -0.39 is 0 Å². The Bertz CT molecular complexity index is 1580. The molecule has 0 aliphatic carbocycles. The zero-order valence-corrected chi connectivity index (χ0v) is 21.9. The van der Waals surface area contributed by atoms with E-state index in [-0.39, 0.29) is 12.0 Å². The number of fused-ring (bicyclic) bond motifs is 2. The van der Waals surface area contributed by atoms with E-state index in [1.807, 2.05) is 36.0 Å². The van der Waals surface area contributed by atoms with Gasteiger partial charge in [-0.2, -0.15) is 0 Å². The first-order valence-electron chi connectivity index (χ1n) is 13.5. The number of ether oxygens (including phenoxy) is 1. The lowest BCUT2D eigenvalue weighted by Crippen LogP contribution is -2.23. The number of aliphatic hydroxyl groups is 1. The minimum atomic E-state index is -0.284. The summed E-state index contributed by atoms with van der Waals surface area (Å²) in [4.78, 5) is 29.6. The van der Waals surface area contributed by atoms with Gasteiger partial charge < -0.3 is 25.0 Å². The molecule has 7 rings (SSSR count). The van der Waals surface area contributed by atoms with E-state index in [1.54, 1.807) is 12.4 Å². The van der Waals surface area contributed by atoms with Gasteiger partial charge >= 0.3 is 0 Å². The van der Waals surface area contributed by atoms with Crippen LogP contribution in [0.2, 0.25) is 0 Å². The summed E-state index contributed by atoms with van der Waals surface area (Å²) < 4.78 is 7.64. The minimum Gasteiger partial charge on any atom is -0.392 e. The number of amides is 1. The van der Waals surface area contributed by atoms with Gasteiger partial charge in [-0.05, 0) is 36.6 Å². The molecule has 2 atom stereocenters. The number of nitrogens with one attached hydrogen (secondary N) is 2. The van der Waals surface area contributed by atoms with Crippen molar-refractivity contribution in [3.05, 3.63) is 65.2 Å². The van der Waals surface area contributed by atoms with Gasteiger partial charge in [0.25, 0.3) is 5.91 Å². The normalized spacial score (nSPS) is 21.0. The summed E-state index contributed by atoms with van der Waals surface area (Å²) in [7, 11) is 1.97. The highest BCUT2D eigenvalue weighted by molar-refractivity contribution is 6.06. The van der Waals surface area contributed by atoms with Gasteiger partial charge in [-0.25, -0.2) is 9.97 Å². The Morgan fingerprint density at radius 2 is 2.13 bits per heavy atom. The molecular weight excluding hydrogens is 494 g/mol. The molecule has 10 nitrogen and oxygen atoms in total. The Balaban J connectivity index is 1.25. The van der Waals surface area contributed by atoms with Gasteiger partial charge in [0.05, 0.1) is 41.5 Å². The molecule has 0 radical (unpaired) electrons. The molecule has 0 unspecified atom stereocenters. The fourth-order valence-corrected chi connectivity index (χ4v) is 6.10. The largest absolute Gasteiger partial charge is 0.392 e. The van der Waals surface area contributed by atoms with E-state index in [0.717, 1.165) is 59.5 Å². The Hall–Kier alpha value is -3.86. The van der Waals surface area contributed by atoms with Crippen LogP contribution >= 0.6 is 0 Å². The van der Waals surface area contributed by atoms with Crippen LogP contribution in [-0.4, -0.2) is 67.8 Å². The minimum absolute atomic E-state index is 0.125. The van der Waals surface area contributed by atoms with Crippen LogP contribution in [0.3, 0.4) is 0 Å². The molecule has 0 spiro atoms. The zero-order valence-electron chi connectivity index (χ0n) is 21.9. The number of pyridine rings is 3.